The zero-order chi connectivity index (χ0) is 24.9. The molecule has 0 unspecified atom stereocenters. The van der Waals surface area contributed by atoms with Crippen molar-refractivity contribution in [2.45, 2.75) is 31.7 Å². The number of benzene rings is 2. The van der Waals surface area contributed by atoms with Gasteiger partial charge in [0, 0.05) is 47.5 Å². The van der Waals surface area contributed by atoms with Crippen LogP contribution in [0.3, 0.4) is 0 Å². The Hall–Kier alpha value is -3.29. The zero-order valence-corrected chi connectivity index (χ0v) is 21.3. The first-order valence-electron chi connectivity index (χ1n) is 12.2. The maximum absolute atomic E-state index is 12.9. The highest BCUT2D eigenvalue weighted by Crippen LogP contribution is 2.24. The van der Waals surface area contributed by atoms with Gasteiger partial charge in [-0.2, -0.15) is 0 Å². The molecule has 0 saturated carbocycles. The molecule has 0 radical (unpaired) electrons. The number of H-pyrrole nitrogens is 1. The second-order valence-electron chi connectivity index (χ2n) is 9.05. The van der Waals surface area contributed by atoms with E-state index in [0.29, 0.717) is 16.6 Å². The lowest BCUT2D eigenvalue weighted by Crippen LogP contribution is -2.47. The Bertz CT molecular complexity index is 1320. The van der Waals surface area contributed by atoms with E-state index in [-0.39, 0.29) is 18.5 Å². The minimum absolute atomic E-state index is 0.0376. The van der Waals surface area contributed by atoms with Gasteiger partial charge in [-0.1, -0.05) is 53.5 Å². The molecule has 186 valence electrons. The number of piperidine rings is 1. The smallest absolute Gasteiger partial charge is 0.241 e. The maximum atomic E-state index is 12.9. The summed E-state index contributed by atoms with van der Waals surface area (Å²) in [7, 11) is 0. The van der Waals surface area contributed by atoms with Gasteiger partial charge in [-0.05, 0) is 49.1 Å². The number of nitrogens with zero attached hydrogens (tertiary/aromatic N) is 3. The van der Waals surface area contributed by atoms with Crippen LogP contribution in [0.25, 0.3) is 11.0 Å². The van der Waals surface area contributed by atoms with E-state index in [1.807, 2.05) is 35.4 Å². The van der Waals surface area contributed by atoms with Gasteiger partial charge in [0.05, 0.1) is 11.9 Å². The molecule has 3 N–H and O–H groups in total. The number of nitrogens with one attached hydrogen (secondary N) is 3. The van der Waals surface area contributed by atoms with Crippen LogP contribution in [0.1, 0.15) is 24.2 Å². The second-order valence-corrected chi connectivity index (χ2v) is 9.92. The van der Waals surface area contributed by atoms with Gasteiger partial charge >= 0.3 is 0 Å². The number of hydrogen-bond donors (Lipinski definition) is 3. The third-order valence-corrected chi connectivity index (χ3v) is 6.80. The molecule has 9 heteroatoms. The molecule has 1 fully saturated rings. The first kappa shape index (κ1) is 24.4. The SMILES string of the molecule is O=C(CNc1cc(Cl)cc(Cl)c1)N1CCC[C@H](Nc2nc(CCc3ccccc3)nc3[nH]ccc23)C1. The van der Waals surface area contributed by atoms with Crippen LogP contribution in [0.2, 0.25) is 10.0 Å². The van der Waals surface area contributed by atoms with Crippen molar-refractivity contribution in [1.82, 2.24) is 19.9 Å². The van der Waals surface area contributed by atoms with Crippen molar-refractivity contribution < 1.29 is 4.79 Å². The van der Waals surface area contributed by atoms with E-state index in [0.717, 1.165) is 60.6 Å². The van der Waals surface area contributed by atoms with Crippen LogP contribution in [0.4, 0.5) is 11.5 Å². The molecule has 0 spiro atoms. The molecule has 4 aromatic rings. The van der Waals surface area contributed by atoms with Crippen LogP contribution >= 0.6 is 23.2 Å². The van der Waals surface area contributed by atoms with Gasteiger partial charge in [-0.25, -0.2) is 9.97 Å². The normalized spacial score (nSPS) is 15.7. The summed E-state index contributed by atoms with van der Waals surface area (Å²) in [6.45, 7) is 1.54. The van der Waals surface area contributed by atoms with Gasteiger partial charge in [0.2, 0.25) is 5.91 Å². The van der Waals surface area contributed by atoms with Crippen molar-refractivity contribution in [3.8, 4) is 0 Å². The number of aromatic amines is 1. The van der Waals surface area contributed by atoms with Crippen LogP contribution in [-0.2, 0) is 17.6 Å². The lowest BCUT2D eigenvalue weighted by atomic mass is 10.1. The summed E-state index contributed by atoms with van der Waals surface area (Å²) in [5.74, 6) is 1.65. The van der Waals surface area contributed by atoms with Gasteiger partial charge in [0.1, 0.15) is 17.3 Å². The average molecular weight is 523 g/mol. The number of carbonyl (C=O) groups is 1. The highest BCUT2D eigenvalue weighted by molar-refractivity contribution is 6.35. The molecule has 5 rings (SSSR count). The van der Waals surface area contributed by atoms with Crippen LogP contribution in [-0.4, -0.2) is 51.4 Å². The Labute approximate surface area is 220 Å². The summed E-state index contributed by atoms with van der Waals surface area (Å²) in [6.07, 6.45) is 5.41. The highest BCUT2D eigenvalue weighted by atomic mass is 35.5. The summed E-state index contributed by atoms with van der Waals surface area (Å²) >= 11 is 12.1. The van der Waals surface area contributed by atoms with Crippen LogP contribution in [0, 0.1) is 0 Å². The number of likely N-dealkylation sites (tertiary alicyclic amines) is 1. The molecule has 3 heterocycles. The van der Waals surface area contributed by atoms with Crippen LogP contribution in [0.5, 0.6) is 0 Å². The molecule has 1 atom stereocenters. The minimum Gasteiger partial charge on any atom is -0.376 e. The van der Waals surface area contributed by atoms with Crippen LogP contribution in [0.15, 0.2) is 60.8 Å². The summed E-state index contributed by atoms with van der Waals surface area (Å²) < 4.78 is 0. The molecule has 2 aromatic heterocycles. The first-order chi connectivity index (χ1) is 17.5. The number of carbonyl (C=O) groups excluding carboxylic acids is 1. The predicted molar refractivity (Wildman–Crippen MR) is 146 cm³/mol. The van der Waals surface area contributed by atoms with Crippen molar-refractivity contribution in [3.05, 3.63) is 82.2 Å². The summed E-state index contributed by atoms with van der Waals surface area (Å²) in [5, 5.41) is 8.76. The highest BCUT2D eigenvalue weighted by Gasteiger charge is 2.24. The summed E-state index contributed by atoms with van der Waals surface area (Å²) in [4.78, 5) is 27.6. The quantitative estimate of drug-likeness (QED) is 0.281. The molecule has 1 saturated heterocycles. The molecule has 36 heavy (non-hydrogen) atoms. The molecule has 7 nitrogen and oxygen atoms in total. The lowest BCUT2D eigenvalue weighted by Gasteiger charge is -2.33. The number of aromatic nitrogens is 3. The van der Waals surface area contributed by atoms with E-state index in [9.17, 15) is 4.79 Å². The third-order valence-electron chi connectivity index (χ3n) is 6.36. The van der Waals surface area contributed by atoms with Crippen molar-refractivity contribution in [3.63, 3.8) is 0 Å². The number of hydrogen-bond acceptors (Lipinski definition) is 5. The van der Waals surface area contributed by atoms with Gasteiger partial charge in [0.25, 0.3) is 0 Å². The topological polar surface area (TPSA) is 85.9 Å². The van der Waals surface area contributed by atoms with E-state index in [2.05, 4.69) is 27.8 Å². The zero-order valence-electron chi connectivity index (χ0n) is 19.8. The largest absolute Gasteiger partial charge is 0.376 e. The Morgan fingerprint density at radius 1 is 1.06 bits per heavy atom. The van der Waals surface area contributed by atoms with Crippen LogP contribution < -0.4 is 10.6 Å². The number of anilines is 2. The predicted octanol–water partition coefficient (Wildman–Crippen LogP) is 5.56. The molecular formula is C27H28Cl2N6O. The molecule has 1 aliphatic rings. The van der Waals surface area contributed by atoms with E-state index < -0.39 is 0 Å². The third kappa shape index (κ3) is 6.09. The monoisotopic (exact) mass is 522 g/mol. The van der Waals surface area contributed by atoms with Gasteiger partial charge in [-0.15, -0.1) is 0 Å². The maximum Gasteiger partial charge on any atom is 0.241 e. The van der Waals surface area contributed by atoms with E-state index in [1.54, 1.807) is 18.2 Å². The van der Waals surface area contributed by atoms with Crippen molar-refractivity contribution in [2.75, 3.05) is 30.3 Å². The summed E-state index contributed by atoms with van der Waals surface area (Å²) in [6, 6.07) is 17.6. The fraction of sp³-hybridized carbons (Fsp3) is 0.296. The van der Waals surface area contributed by atoms with E-state index >= 15 is 0 Å². The lowest BCUT2D eigenvalue weighted by molar-refractivity contribution is -0.130. The second kappa shape index (κ2) is 11.2. The van der Waals surface area contributed by atoms with E-state index in [4.69, 9.17) is 33.2 Å². The van der Waals surface area contributed by atoms with Crippen molar-refractivity contribution >= 4 is 51.6 Å². The number of fused-ring (bicyclic) bond motifs is 1. The molecule has 1 aliphatic heterocycles. The molecule has 1 amide bonds. The fourth-order valence-corrected chi connectivity index (χ4v) is 5.10. The fourth-order valence-electron chi connectivity index (χ4n) is 4.57. The molecule has 0 aliphatic carbocycles. The Balaban J connectivity index is 1.23. The molecular weight excluding hydrogens is 495 g/mol. The number of rotatable bonds is 8. The minimum atomic E-state index is 0.0376. The average Bonchev–Trinajstić information content (AvgIpc) is 3.35. The van der Waals surface area contributed by atoms with Gasteiger partial charge < -0.3 is 20.5 Å². The number of aryl methyl sites for hydroxylation is 2. The van der Waals surface area contributed by atoms with Gasteiger partial charge in [0.15, 0.2) is 0 Å². The van der Waals surface area contributed by atoms with Crippen molar-refractivity contribution in [1.29, 1.82) is 0 Å². The molecule has 2 aromatic carbocycles. The van der Waals surface area contributed by atoms with E-state index in [1.165, 1.54) is 5.56 Å². The Morgan fingerprint density at radius 2 is 1.86 bits per heavy atom. The first-order valence-corrected chi connectivity index (χ1v) is 12.9. The molecule has 0 bridgehead atoms. The number of amides is 1. The van der Waals surface area contributed by atoms with Gasteiger partial charge in [-0.3, -0.25) is 4.79 Å². The Kier molecular flexibility index (Phi) is 7.58. The summed E-state index contributed by atoms with van der Waals surface area (Å²) in [5.41, 5.74) is 2.81. The van der Waals surface area contributed by atoms with Crippen molar-refractivity contribution in [2.24, 2.45) is 0 Å². The Morgan fingerprint density at radius 3 is 2.67 bits per heavy atom. The standard InChI is InChI=1S/C27H28Cl2N6O/c28-19-13-20(29)15-22(14-19)31-16-25(36)35-12-4-7-21(17-35)32-27-23-10-11-30-26(23)33-24(34-27)9-8-18-5-2-1-3-6-18/h1-3,5-6,10-11,13-15,21,31H,4,7-9,12,16-17H2,(H2,30,32,33,34)/t21-/m0/s1. The number of halogens is 2.